The van der Waals surface area contributed by atoms with Crippen molar-refractivity contribution in [2.75, 3.05) is 40.5 Å². The zero-order chi connectivity index (χ0) is 28.8. The molecule has 0 N–H and O–H groups in total. The summed E-state index contributed by atoms with van der Waals surface area (Å²) in [7, 11) is 3.12. The van der Waals surface area contributed by atoms with E-state index in [0.717, 1.165) is 12.0 Å². The van der Waals surface area contributed by atoms with Gasteiger partial charge in [0.15, 0.2) is 5.17 Å². The average Bonchev–Trinajstić information content (AvgIpc) is 3.36. The van der Waals surface area contributed by atoms with E-state index in [2.05, 4.69) is 6.58 Å². The summed E-state index contributed by atoms with van der Waals surface area (Å²) in [6.45, 7) is 8.45. The Labute approximate surface area is 238 Å². The van der Waals surface area contributed by atoms with Gasteiger partial charge in [0.25, 0.3) is 0 Å². The van der Waals surface area contributed by atoms with Crippen LogP contribution in [0.15, 0.2) is 58.2 Å². The monoisotopic (exact) mass is 569 g/mol. The summed E-state index contributed by atoms with van der Waals surface area (Å²) >= 11 is 1.39. The zero-order valence-electron chi connectivity index (χ0n) is 23.3. The lowest BCUT2D eigenvalue weighted by Crippen LogP contribution is -2.44. The number of allylic oxidation sites excluding steroid dienone is 1. The number of hydrogen-bond acceptors (Lipinski definition) is 10. The number of ether oxygens (including phenoxy) is 4. The number of nitrogens with zero attached hydrogens (tertiary/aromatic N) is 3. The van der Waals surface area contributed by atoms with Crippen molar-refractivity contribution in [1.82, 2.24) is 9.80 Å². The predicted molar refractivity (Wildman–Crippen MR) is 152 cm³/mol. The van der Waals surface area contributed by atoms with E-state index in [-0.39, 0.29) is 30.8 Å². The molecule has 3 aliphatic heterocycles. The fourth-order valence-corrected chi connectivity index (χ4v) is 6.03. The summed E-state index contributed by atoms with van der Waals surface area (Å²) in [5.41, 5.74) is 2.28. The molecule has 0 aromatic heterocycles. The minimum Gasteiger partial charge on any atom is -0.497 e. The molecule has 0 aliphatic carbocycles. The van der Waals surface area contributed by atoms with E-state index in [4.69, 9.17) is 23.9 Å². The lowest BCUT2D eigenvalue weighted by Gasteiger charge is -2.37. The van der Waals surface area contributed by atoms with Crippen molar-refractivity contribution in [3.05, 3.63) is 58.8 Å². The molecular weight excluding hydrogens is 534 g/mol. The Morgan fingerprint density at radius 2 is 1.88 bits per heavy atom. The molecule has 1 aromatic carbocycles. The number of thioether (sulfide) groups is 1. The molecule has 1 amide bonds. The van der Waals surface area contributed by atoms with E-state index in [9.17, 15) is 14.4 Å². The van der Waals surface area contributed by atoms with Crippen molar-refractivity contribution in [3.63, 3.8) is 0 Å². The van der Waals surface area contributed by atoms with Crippen molar-refractivity contribution in [1.29, 1.82) is 0 Å². The Kier molecular flexibility index (Phi) is 9.57. The van der Waals surface area contributed by atoms with E-state index in [1.54, 1.807) is 39.0 Å². The number of hydrogen-bond donors (Lipinski definition) is 0. The molecule has 0 bridgehead atoms. The van der Waals surface area contributed by atoms with Crippen LogP contribution in [-0.4, -0.2) is 73.3 Å². The molecule has 1 saturated heterocycles. The highest BCUT2D eigenvalue weighted by atomic mass is 32.2. The number of amidine groups is 1. The van der Waals surface area contributed by atoms with Crippen LogP contribution < -0.4 is 9.47 Å². The second-order valence-corrected chi connectivity index (χ2v) is 10.4. The van der Waals surface area contributed by atoms with Gasteiger partial charge < -0.3 is 28.7 Å². The molecule has 3 heterocycles. The maximum absolute atomic E-state index is 13.5. The molecule has 10 nitrogen and oxygen atoms in total. The van der Waals surface area contributed by atoms with Crippen molar-refractivity contribution < 1.29 is 33.3 Å². The van der Waals surface area contributed by atoms with Gasteiger partial charge in [0.05, 0.1) is 50.5 Å². The van der Waals surface area contributed by atoms with Crippen molar-refractivity contribution >= 4 is 34.8 Å². The molecule has 2 atom stereocenters. The number of esters is 2. The minimum atomic E-state index is -0.642. The molecule has 0 spiro atoms. The lowest BCUT2D eigenvalue weighted by atomic mass is 9.93. The number of carbonyl (C=O) groups excluding carboxylic acids is 3. The molecule has 0 radical (unpaired) electrons. The second-order valence-electron chi connectivity index (χ2n) is 9.53. The molecule has 3 aliphatic rings. The molecule has 214 valence electrons. The van der Waals surface area contributed by atoms with Gasteiger partial charge in [0, 0.05) is 24.9 Å². The SMILES string of the molecule is C=CCOC(=O)C1=C(C)N=C2SC=C(CC(=O)N3CCCC(C(=O)OCC)C3)N2C1c1cc(OC)cc(OC)c1. The molecule has 0 saturated carbocycles. The van der Waals surface area contributed by atoms with Crippen LogP contribution in [0.1, 0.15) is 44.7 Å². The number of piperidine rings is 1. The third-order valence-electron chi connectivity index (χ3n) is 6.97. The summed E-state index contributed by atoms with van der Waals surface area (Å²) in [6.07, 6.45) is 3.01. The zero-order valence-corrected chi connectivity index (χ0v) is 24.1. The molecule has 1 fully saturated rings. The van der Waals surface area contributed by atoms with E-state index in [0.29, 0.717) is 59.8 Å². The van der Waals surface area contributed by atoms with E-state index in [1.807, 2.05) is 22.4 Å². The fourth-order valence-electron chi connectivity index (χ4n) is 5.07. The van der Waals surface area contributed by atoms with E-state index in [1.165, 1.54) is 17.8 Å². The van der Waals surface area contributed by atoms with Crippen molar-refractivity contribution in [2.45, 2.75) is 39.2 Å². The minimum absolute atomic E-state index is 0.0485. The standard InChI is InChI=1S/C29H35N3O7S/c1-6-11-39-28(35)25-18(3)30-29-32(26(25)20-12-22(36-4)15-23(13-20)37-5)21(17-40-29)14-24(33)31-10-8-9-19(16-31)27(34)38-7-2/h6,12-13,15,17,19,26H,1,7-11,14,16H2,2-5H3. The number of benzene rings is 1. The number of methoxy groups -OCH3 is 2. The Bertz CT molecular complexity index is 1250. The Hall–Kier alpha value is -3.73. The first-order valence-corrected chi connectivity index (χ1v) is 14.1. The van der Waals surface area contributed by atoms with Crippen LogP contribution in [0.4, 0.5) is 0 Å². The van der Waals surface area contributed by atoms with Crippen LogP contribution >= 0.6 is 11.8 Å². The van der Waals surface area contributed by atoms with Gasteiger partial charge >= 0.3 is 11.9 Å². The summed E-state index contributed by atoms with van der Waals surface area (Å²) < 4.78 is 21.7. The maximum Gasteiger partial charge on any atom is 0.338 e. The predicted octanol–water partition coefficient (Wildman–Crippen LogP) is 4.20. The normalized spacial score (nSPS) is 20.3. The average molecular weight is 570 g/mol. The highest BCUT2D eigenvalue weighted by Gasteiger charge is 2.42. The van der Waals surface area contributed by atoms with Gasteiger partial charge in [0.1, 0.15) is 18.1 Å². The molecule has 11 heteroatoms. The van der Waals surface area contributed by atoms with Gasteiger partial charge in [-0.05, 0) is 49.8 Å². The second kappa shape index (κ2) is 13.1. The topological polar surface area (TPSA) is 107 Å². The highest BCUT2D eigenvalue weighted by molar-refractivity contribution is 8.16. The van der Waals surface area contributed by atoms with Gasteiger partial charge in [-0.1, -0.05) is 24.4 Å². The van der Waals surface area contributed by atoms with Crippen LogP contribution in [0.5, 0.6) is 11.5 Å². The quantitative estimate of drug-likeness (QED) is 0.303. The lowest BCUT2D eigenvalue weighted by molar-refractivity contribution is -0.151. The first-order chi connectivity index (χ1) is 19.3. The number of rotatable bonds is 10. The van der Waals surface area contributed by atoms with Crippen molar-refractivity contribution in [3.8, 4) is 11.5 Å². The molecule has 40 heavy (non-hydrogen) atoms. The third-order valence-corrected chi connectivity index (χ3v) is 7.86. The summed E-state index contributed by atoms with van der Waals surface area (Å²) in [5, 5.41) is 2.54. The van der Waals surface area contributed by atoms with Crippen LogP contribution in [0.2, 0.25) is 0 Å². The largest absolute Gasteiger partial charge is 0.497 e. The number of amides is 1. The molecule has 4 rings (SSSR count). The first-order valence-electron chi connectivity index (χ1n) is 13.2. The molecule has 1 aromatic rings. The summed E-state index contributed by atoms with van der Waals surface area (Å²) in [6, 6.07) is 4.78. The van der Waals surface area contributed by atoms with Gasteiger partial charge in [-0.15, -0.1) is 0 Å². The fraction of sp³-hybridized carbons (Fsp3) is 0.448. The number of aliphatic imine (C=N–C) groups is 1. The van der Waals surface area contributed by atoms with E-state index >= 15 is 0 Å². The van der Waals surface area contributed by atoms with Crippen LogP contribution in [0.25, 0.3) is 0 Å². The number of likely N-dealkylation sites (tertiary alicyclic amines) is 1. The molecular formula is C29H35N3O7S. The van der Waals surface area contributed by atoms with Gasteiger partial charge in [-0.2, -0.15) is 0 Å². The Morgan fingerprint density at radius 3 is 2.52 bits per heavy atom. The van der Waals surface area contributed by atoms with Gasteiger partial charge in [0.2, 0.25) is 5.91 Å². The number of carbonyl (C=O) groups is 3. The Balaban J connectivity index is 1.67. The van der Waals surface area contributed by atoms with Gasteiger partial charge in [-0.25, -0.2) is 9.79 Å². The van der Waals surface area contributed by atoms with Crippen LogP contribution in [-0.2, 0) is 23.9 Å². The molecule has 2 unspecified atom stereocenters. The van der Waals surface area contributed by atoms with E-state index < -0.39 is 12.0 Å². The summed E-state index contributed by atoms with van der Waals surface area (Å²) in [4.78, 5) is 47.5. The van der Waals surface area contributed by atoms with Crippen LogP contribution in [0.3, 0.4) is 0 Å². The number of fused-ring (bicyclic) bond motifs is 1. The maximum atomic E-state index is 13.5. The highest BCUT2D eigenvalue weighted by Crippen LogP contribution is 2.46. The third kappa shape index (κ3) is 6.19. The van der Waals surface area contributed by atoms with Crippen LogP contribution in [0, 0.1) is 5.92 Å². The first kappa shape index (κ1) is 29.3. The van der Waals surface area contributed by atoms with Gasteiger partial charge in [-0.3, -0.25) is 9.59 Å². The Morgan fingerprint density at radius 1 is 1.15 bits per heavy atom. The van der Waals surface area contributed by atoms with Crippen molar-refractivity contribution in [2.24, 2.45) is 10.9 Å². The summed E-state index contributed by atoms with van der Waals surface area (Å²) in [5.74, 6) is -0.112. The smallest absolute Gasteiger partial charge is 0.338 e.